The molecular weight excluding hydrogens is 406 g/mol. The van der Waals surface area contributed by atoms with Crippen LogP contribution in [0.1, 0.15) is 35.8 Å². The molecule has 1 aliphatic rings. The Morgan fingerprint density at radius 3 is 2.69 bits per heavy atom. The summed E-state index contributed by atoms with van der Waals surface area (Å²) in [6, 6.07) is 19.3. The smallest absolute Gasteiger partial charge is 0.353 e. The molecule has 0 saturated heterocycles. The number of oxime groups is 1. The van der Waals surface area contributed by atoms with Gasteiger partial charge in [0.1, 0.15) is 5.69 Å². The third-order valence-corrected chi connectivity index (χ3v) is 5.49. The Labute approximate surface area is 186 Å². The first-order valence-electron chi connectivity index (χ1n) is 10.7. The van der Waals surface area contributed by atoms with Gasteiger partial charge in [0, 0.05) is 24.4 Å². The summed E-state index contributed by atoms with van der Waals surface area (Å²) >= 11 is 0. The quantitative estimate of drug-likeness (QED) is 0.550. The number of pyridine rings is 1. The van der Waals surface area contributed by atoms with Crippen molar-refractivity contribution in [2.45, 2.75) is 31.8 Å². The minimum Gasteiger partial charge on any atom is -0.463 e. The Morgan fingerprint density at radius 1 is 1.09 bits per heavy atom. The van der Waals surface area contributed by atoms with Gasteiger partial charge in [-0.05, 0) is 30.4 Å². The van der Waals surface area contributed by atoms with Crippen molar-refractivity contribution in [3.05, 3.63) is 78.1 Å². The summed E-state index contributed by atoms with van der Waals surface area (Å²) in [5, 5.41) is 8.68. The first kappa shape index (κ1) is 21.5. The number of esters is 1. The highest BCUT2D eigenvalue weighted by molar-refractivity contribution is 6.06. The molecule has 1 aliphatic heterocycles. The average Bonchev–Trinajstić information content (AvgIpc) is 3.26. The van der Waals surface area contributed by atoms with Gasteiger partial charge in [0.05, 0.1) is 18.9 Å². The highest BCUT2D eigenvalue weighted by Crippen LogP contribution is 2.31. The van der Waals surface area contributed by atoms with E-state index < -0.39 is 11.6 Å². The van der Waals surface area contributed by atoms with E-state index in [4.69, 9.17) is 9.57 Å². The molecule has 0 radical (unpaired) electrons. The fourth-order valence-electron chi connectivity index (χ4n) is 3.81. The molecule has 164 valence electrons. The van der Waals surface area contributed by atoms with Gasteiger partial charge in [0.25, 0.3) is 5.91 Å². The molecule has 0 spiro atoms. The molecule has 4 rings (SSSR count). The van der Waals surface area contributed by atoms with Gasteiger partial charge in [-0.3, -0.25) is 9.78 Å². The molecule has 1 atom stereocenters. The molecule has 7 nitrogen and oxygen atoms in total. The Bertz CT molecular complexity index is 1140. The maximum absolute atomic E-state index is 12.8. The van der Waals surface area contributed by atoms with Gasteiger partial charge in [-0.1, -0.05) is 59.8 Å². The number of fused-ring (bicyclic) bond motifs is 1. The first-order valence-corrected chi connectivity index (χ1v) is 10.7. The average molecular weight is 431 g/mol. The second-order valence-corrected chi connectivity index (χ2v) is 7.69. The van der Waals surface area contributed by atoms with Gasteiger partial charge in [-0.25, -0.2) is 4.79 Å². The number of hydrogen-bond donors (Lipinski definition) is 1. The summed E-state index contributed by atoms with van der Waals surface area (Å²) in [6.45, 7) is 2.18. The molecule has 1 N–H and O–H groups in total. The predicted octanol–water partition coefficient (Wildman–Crippen LogP) is 3.68. The Balaban J connectivity index is 1.42. The number of aromatic nitrogens is 1. The lowest BCUT2D eigenvalue weighted by Crippen LogP contribution is -2.42. The van der Waals surface area contributed by atoms with E-state index in [1.165, 1.54) is 0 Å². The molecule has 1 aromatic heterocycles. The van der Waals surface area contributed by atoms with Crippen molar-refractivity contribution in [3.63, 3.8) is 0 Å². The summed E-state index contributed by atoms with van der Waals surface area (Å²) in [5.41, 5.74) is 0.857. The lowest BCUT2D eigenvalue weighted by molar-refractivity contribution is -0.169. The molecule has 32 heavy (non-hydrogen) atoms. The van der Waals surface area contributed by atoms with E-state index in [-0.39, 0.29) is 25.5 Å². The number of aryl methyl sites for hydroxylation is 1. The first-order chi connectivity index (χ1) is 15.6. The number of benzene rings is 2. The molecule has 1 unspecified atom stereocenters. The van der Waals surface area contributed by atoms with E-state index in [1.807, 2.05) is 60.7 Å². The van der Waals surface area contributed by atoms with Crippen molar-refractivity contribution in [2.24, 2.45) is 5.16 Å². The normalized spacial score (nSPS) is 17.5. The monoisotopic (exact) mass is 431 g/mol. The number of carbonyl (C=O) groups excluding carboxylic acids is 2. The SMILES string of the molecule is CCOC(=O)C1(CCc2ccccc2)CC(CNC(=O)c2nccc3ccccc23)=NO1. The zero-order chi connectivity index (χ0) is 22.4. The zero-order valence-corrected chi connectivity index (χ0v) is 17.9. The highest BCUT2D eigenvalue weighted by Gasteiger charge is 2.47. The second-order valence-electron chi connectivity index (χ2n) is 7.69. The minimum absolute atomic E-state index is 0.163. The van der Waals surface area contributed by atoms with Crippen molar-refractivity contribution >= 4 is 28.4 Å². The number of nitrogens with one attached hydrogen (secondary N) is 1. The molecule has 2 aromatic carbocycles. The number of nitrogens with zero attached hydrogens (tertiary/aromatic N) is 2. The predicted molar refractivity (Wildman–Crippen MR) is 121 cm³/mol. The van der Waals surface area contributed by atoms with Crippen LogP contribution in [0.15, 0.2) is 72.0 Å². The van der Waals surface area contributed by atoms with Crippen molar-refractivity contribution in [1.82, 2.24) is 10.3 Å². The lowest BCUT2D eigenvalue weighted by atomic mass is 9.90. The summed E-state index contributed by atoms with van der Waals surface area (Å²) in [5.74, 6) is -0.737. The van der Waals surface area contributed by atoms with Crippen LogP contribution < -0.4 is 5.32 Å². The Morgan fingerprint density at radius 2 is 1.88 bits per heavy atom. The van der Waals surface area contributed by atoms with Crippen LogP contribution in [0.5, 0.6) is 0 Å². The summed E-state index contributed by atoms with van der Waals surface area (Å²) in [6.07, 6.45) is 2.96. The van der Waals surface area contributed by atoms with Crippen molar-refractivity contribution in [3.8, 4) is 0 Å². The summed E-state index contributed by atoms with van der Waals surface area (Å²) < 4.78 is 5.27. The standard InChI is InChI=1S/C25H25N3O4/c1-2-31-24(30)25(14-12-18-8-4-3-5-9-18)16-20(28-32-25)17-27-23(29)22-21-11-7-6-10-19(21)13-15-26-22/h3-11,13,15H,2,12,14,16-17H2,1H3,(H,27,29). The van der Waals surface area contributed by atoms with Crippen LogP contribution in [-0.4, -0.2) is 41.3 Å². The van der Waals surface area contributed by atoms with E-state index in [0.717, 1.165) is 16.3 Å². The van der Waals surface area contributed by atoms with Crippen LogP contribution >= 0.6 is 0 Å². The maximum atomic E-state index is 12.8. The van der Waals surface area contributed by atoms with Crippen molar-refractivity contribution in [1.29, 1.82) is 0 Å². The molecule has 3 aromatic rings. The molecule has 7 heteroatoms. The Kier molecular flexibility index (Phi) is 6.44. The molecular formula is C25H25N3O4. The third kappa shape index (κ3) is 4.61. The van der Waals surface area contributed by atoms with Crippen molar-refractivity contribution in [2.75, 3.05) is 13.2 Å². The molecule has 0 aliphatic carbocycles. The number of hydrogen-bond acceptors (Lipinski definition) is 6. The van der Waals surface area contributed by atoms with Crippen LogP contribution in [0.4, 0.5) is 0 Å². The van der Waals surface area contributed by atoms with Gasteiger partial charge in [-0.2, -0.15) is 0 Å². The van der Waals surface area contributed by atoms with E-state index in [9.17, 15) is 9.59 Å². The number of rotatable bonds is 8. The van der Waals surface area contributed by atoms with Gasteiger partial charge >= 0.3 is 5.97 Å². The van der Waals surface area contributed by atoms with Gasteiger partial charge in [0.2, 0.25) is 5.60 Å². The number of amides is 1. The van der Waals surface area contributed by atoms with E-state index in [2.05, 4.69) is 15.5 Å². The molecule has 0 fully saturated rings. The van der Waals surface area contributed by atoms with Crippen LogP contribution in [0, 0.1) is 0 Å². The van der Waals surface area contributed by atoms with Crippen LogP contribution in [0.25, 0.3) is 10.8 Å². The largest absolute Gasteiger partial charge is 0.463 e. The fourth-order valence-corrected chi connectivity index (χ4v) is 3.81. The summed E-state index contributed by atoms with van der Waals surface area (Å²) in [4.78, 5) is 35.4. The van der Waals surface area contributed by atoms with Crippen LogP contribution in [-0.2, 0) is 20.8 Å². The van der Waals surface area contributed by atoms with Gasteiger partial charge in [-0.15, -0.1) is 0 Å². The summed E-state index contributed by atoms with van der Waals surface area (Å²) in [7, 11) is 0. The third-order valence-electron chi connectivity index (χ3n) is 5.49. The number of ether oxygens (including phenoxy) is 1. The maximum Gasteiger partial charge on any atom is 0.353 e. The molecule has 1 amide bonds. The topological polar surface area (TPSA) is 89.9 Å². The number of carbonyl (C=O) groups is 2. The molecule has 0 bridgehead atoms. The zero-order valence-electron chi connectivity index (χ0n) is 17.9. The van der Waals surface area contributed by atoms with E-state index in [0.29, 0.717) is 24.2 Å². The Hall–Kier alpha value is -3.74. The van der Waals surface area contributed by atoms with Crippen molar-refractivity contribution < 1.29 is 19.2 Å². The van der Waals surface area contributed by atoms with Crippen LogP contribution in [0.2, 0.25) is 0 Å². The van der Waals surface area contributed by atoms with E-state index in [1.54, 1.807) is 13.1 Å². The second kappa shape index (κ2) is 9.60. The van der Waals surface area contributed by atoms with Crippen LogP contribution in [0.3, 0.4) is 0 Å². The lowest BCUT2D eigenvalue weighted by Gasteiger charge is -2.24. The van der Waals surface area contributed by atoms with E-state index >= 15 is 0 Å². The molecule has 2 heterocycles. The molecule has 0 saturated carbocycles. The van der Waals surface area contributed by atoms with Gasteiger partial charge in [0.15, 0.2) is 0 Å². The van der Waals surface area contributed by atoms with Gasteiger partial charge < -0.3 is 14.9 Å². The highest BCUT2D eigenvalue weighted by atomic mass is 16.7. The fraction of sp³-hybridized carbons (Fsp3) is 0.280. The minimum atomic E-state index is -1.18.